The highest BCUT2D eigenvalue weighted by Crippen LogP contribution is 2.30. The first-order valence-electron chi connectivity index (χ1n) is 6.31. The van der Waals surface area contributed by atoms with Crippen molar-refractivity contribution < 1.29 is 31.7 Å². The number of hydrogen-bond donors (Lipinski definition) is 3. The van der Waals surface area contributed by atoms with Crippen molar-refractivity contribution in [3.05, 3.63) is 11.6 Å². The van der Waals surface area contributed by atoms with Gasteiger partial charge in [0.15, 0.2) is 0 Å². The van der Waals surface area contributed by atoms with Gasteiger partial charge in [0.2, 0.25) is 0 Å². The fraction of sp³-hybridized carbons (Fsp3) is 0.600. The van der Waals surface area contributed by atoms with Crippen molar-refractivity contribution in [2.75, 3.05) is 19.7 Å². The Labute approximate surface area is 126 Å². The molecule has 3 amide bonds. The van der Waals surface area contributed by atoms with E-state index in [1.165, 1.54) is 6.08 Å². The lowest BCUT2D eigenvalue weighted by Crippen LogP contribution is -2.50. The minimum atomic E-state index is -4.84. The van der Waals surface area contributed by atoms with Crippen LogP contribution in [0.25, 0.3) is 0 Å². The average molecular weight is 336 g/mol. The predicted octanol–water partition coefficient (Wildman–Crippen LogP) is -1.84. The van der Waals surface area contributed by atoms with E-state index in [2.05, 4.69) is 9.76 Å². The van der Waals surface area contributed by atoms with E-state index in [1.807, 2.05) is 0 Å². The van der Waals surface area contributed by atoms with Crippen LogP contribution in [0.2, 0.25) is 0 Å². The molecule has 0 saturated carbocycles. The molecule has 2 bridgehead atoms. The maximum absolute atomic E-state index is 12.1. The molecule has 0 aliphatic carbocycles. The standard InChI is InChI=1S/C10H16N4O7S/c1-6-4-7-5-13(8(6)9(15)12-20-3-2-11)10(16)14(7)21-22(17,18)19/h4,7-8H,2-3,5,11H2,1H3,(H,12,15)(H,17,18,19)/t7-,8+/m1/s1. The van der Waals surface area contributed by atoms with Gasteiger partial charge in [0.1, 0.15) is 6.04 Å². The minimum Gasteiger partial charge on any atom is -0.328 e. The smallest absolute Gasteiger partial charge is 0.328 e. The molecule has 1 fully saturated rings. The number of carbonyl (C=O) groups is 2. The zero-order valence-corrected chi connectivity index (χ0v) is 12.4. The molecule has 124 valence electrons. The lowest BCUT2D eigenvalue weighted by atomic mass is 10.0. The first-order chi connectivity index (χ1) is 10.2. The maximum Gasteiger partial charge on any atom is 0.418 e. The van der Waals surface area contributed by atoms with E-state index in [4.69, 9.17) is 15.1 Å². The van der Waals surface area contributed by atoms with Crippen LogP contribution in [-0.2, 0) is 24.3 Å². The highest BCUT2D eigenvalue weighted by Gasteiger charge is 2.48. The molecule has 0 aromatic carbocycles. The molecule has 0 unspecified atom stereocenters. The fourth-order valence-corrected chi connectivity index (χ4v) is 2.75. The van der Waals surface area contributed by atoms with Crippen LogP contribution in [0.3, 0.4) is 0 Å². The zero-order valence-electron chi connectivity index (χ0n) is 11.6. The second-order valence-corrected chi connectivity index (χ2v) is 5.75. The van der Waals surface area contributed by atoms with Crippen LogP contribution in [0.4, 0.5) is 4.79 Å². The van der Waals surface area contributed by atoms with Crippen molar-refractivity contribution in [3.8, 4) is 0 Å². The summed E-state index contributed by atoms with van der Waals surface area (Å²) in [6, 6.07) is -2.53. The fourth-order valence-electron chi connectivity index (χ4n) is 2.37. The van der Waals surface area contributed by atoms with Crippen molar-refractivity contribution in [2.45, 2.75) is 19.0 Å². The molecule has 1 saturated heterocycles. The van der Waals surface area contributed by atoms with Gasteiger partial charge >= 0.3 is 16.4 Å². The van der Waals surface area contributed by atoms with Crippen LogP contribution in [0.15, 0.2) is 11.6 Å². The number of rotatable bonds is 6. The molecule has 22 heavy (non-hydrogen) atoms. The first-order valence-corrected chi connectivity index (χ1v) is 7.68. The van der Waals surface area contributed by atoms with Crippen LogP contribution in [-0.4, -0.2) is 66.7 Å². The Bertz CT molecular complexity index is 604. The van der Waals surface area contributed by atoms with E-state index in [1.54, 1.807) is 6.92 Å². The summed E-state index contributed by atoms with van der Waals surface area (Å²) in [5, 5.41) is 0.507. The van der Waals surface area contributed by atoms with Gasteiger partial charge in [0, 0.05) is 6.54 Å². The first kappa shape index (κ1) is 16.6. The molecular weight excluding hydrogens is 320 g/mol. The van der Waals surface area contributed by atoms with Gasteiger partial charge in [-0.3, -0.25) is 14.2 Å². The number of hydrogen-bond acceptors (Lipinski definition) is 7. The monoisotopic (exact) mass is 336 g/mol. The van der Waals surface area contributed by atoms with Gasteiger partial charge in [-0.2, -0.15) is 13.5 Å². The number of carbonyl (C=O) groups excluding carboxylic acids is 2. The van der Waals surface area contributed by atoms with Crippen LogP contribution in [0.5, 0.6) is 0 Å². The Morgan fingerprint density at radius 2 is 2.27 bits per heavy atom. The molecule has 2 aliphatic rings. The number of nitrogens with two attached hydrogens (primary N) is 1. The van der Waals surface area contributed by atoms with E-state index < -0.39 is 34.4 Å². The molecule has 2 aliphatic heterocycles. The summed E-state index contributed by atoms with van der Waals surface area (Å²) < 4.78 is 34.5. The summed E-state index contributed by atoms with van der Waals surface area (Å²) in [4.78, 5) is 30.1. The lowest BCUT2D eigenvalue weighted by Gasteiger charge is -2.28. The maximum atomic E-state index is 12.1. The Hall–Kier alpha value is -1.73. The molecule has 2 atom stereocenters. The molecule has 11 nitrogen and oxygen atoms in total. The second-order valence-electron chi connectivity index (χ2n) is 4.75. The zero-order chi connectivity index (χ0) is 16.5. The quantitative estimate of drug-likeness (QED) is 0.221. The highest BCUT2D eigenvalue weighted by atomic mass is 32.3. The molecule has 2 heterocycles. The molecule has 0 radical (unpaired) electrons. The molecule has 2 rings (SSSR count). The van der Waals surface area contributed by atoms with Gasteiger partial charge in [0.25, 0.3) is 5.91 Å². The number of hydroxylamine groups is 3. The van der Waals surface area contributed by atoms with Crippen LogP contribution < -0.4 is 11.2 Å². The van der Waals surface area contributed by atoms with Gasteiger partial charge in [-0.15, -0.1) is 4.28 Å². The highest BCUT2D eigenvalue weighted by molar-refractivity contribution is 7.80. The Kier molecular flexibility index (Phi) is 4.67. The third-order valence-corrected chi connectivity index (χ3v) is 3.48. The largest absolute Gasteiger partial charge is 0.418 e. The Balaban J connectivity index is 2.15. The van der Waals surface area contributed by atoms with E-state index in [-0.39, 0.29) is 19.7 Å². The van der Waals surface area contributed by atoms with Crippen LogP contribution in [0, 0.1) is 0 Å². The summed E-state index contributed by atoms with van der Waals surface area (Å²) in [7, 11) is -4.84. The Morgan fingerprint density at radius 1 is 1.59 bits per heavy atom. The topological polar surface area (TPSA) is 152 Å². The predicted molar refractivity (Wildman–Crippen MR) is 71.1 cm³/mol. The van der Waals surface area contributed by atoms with E-state index >= 15 is 0 Å². The van der Waals surface area contributed by atoms with Crippen molar-refractivity contribution in [2.24, 2.45) is 5.73 Å². The van der Waals surface area contributed by atoms with E-state index in [0.29, 0.717) is 10.6 Å². The normalized spacial score (nSPS) is 24.5. The third kappa shape index (κ3) is 3.36. The summed E-state index contributed by atoms with van der Waals surface area (Å²) in [5.41, 5.74) is 7.91. The molecule has 0 aromatic heterocycles. The van der Waals surface area contributed by atoms with Crippen molar-refractivity contribution in [1.29, 1.82) is 0 Å². The Morgan fingerprint density at radius 3 is 2.86 bits per heavy atom. The second kappa shape index (κ2) is 6.18. The number of urea groups is 1. The summed E-state index contributed by atoms with van der Waals surface area (Å²) >= 11 is 0. The summed E-state index contributed by atoms with van der Waals surface area (Å²) in [6.45, 7) is 1.97. The number of nitrogens with zero attached hydrogens (tertiary/aromatic N) is 2. The molecular formula is C10H16N4O7S. The number of nitrogens with one attached hydrogen (secondary N) is 1. The van der Waals surface area contributed by atoms with Gasteiger partial charge < -0.3 is 10.6 Å². The van der Waals surface area contributed by atoms with Crippen molar-refractivity contribution in [1.82, 2.24) is 15.4 Å². The van der Waals surface area contributed by atoms with Gasteiger partial charge in [-0.25, -0.2) is 10.3 Å². The molecule has 12 heteroatoms. The van der Waals surface area contributed by atoms with Crippen molar-refractivity contribution >= 4 is 22.3 Å². The number of fused-ring (bicyclic) bond motifs is 2. The van der Waals surface area contributed by atoms with Crippen LogP contribution in [0.1, 0.15) is 6.92 Å². The van der Waals surface area contributed by atoms with Crippen molar-refractivity contribution in [3.63, 3.8) is 0 Å². The third-order valence-electron chi connectivity index (χ3n) is 3.13. The van der Waals surface area contributed by atoms with Gasteiger partial charge in [-0.05, 0) is 12.5 Å². The van der Waals surface area contributed by atoms with Gasteiger partial charge in [-0.1, -0.05) is 6.08 Å². The van der Waals surface area contributed by atoms with Gasteiger partial charge in [0.05, 0.1) is 19.2 Å². The lowest BCUT2D eigenvalue weighted by molar-refractivity contribution is -0.136. The molecule has 0 spiro atoms. The summed E-state index contributed by atoms with van der Waals surface area (Å²) in [6.07, 6.45) is 1.51. The average Bonchev–Trinajstić information content (AvgIpc) is 2.63. The number of amides is 3. The molecule has 4 N–H and O–H groups in total. The SMILES string of the molecule is CC1=C[C@@H]2CN(C(=O)N2OS(=O)(=O)O)[C@@H]1C(=O)NOCCN. The van der Waals surface area contributed by atoms with E-state index in [9.17, 15) is 18.0 Å². The minimum absolute atomic E-state index is 0.0423. The van der Waals surface area contributed by atoms with E-state index in [0.717, 1.165) is 4.90 Å². The molecule has 0 aromatic rings. The van der Waals surface area contributed by atoms with Crippen LogP contribution >= 0.6 is 0 Å². The summed E-state index contributed by atoms with van der Waals surface area (Å²) in [5.74, 6) is -0.595.